The Bertz CT molecular complexity index is 486. The van der Waals surface area contributed by atoms with Gasteiger partial charge in [0.15, 0.2) is 0 Å². The smallest absolute Gasteiger partial charge is 0.133 e. The second-order valence-electron chi connectivity index (χ2n) is 9.60. The predicted molar refractivity (Wildman–Crippen MR) is 87.3 cm³/mol. The molecule has 4 aliphatic rings. The monoisotopic (exact) mass is 304 g/mol. The van der Waals surface area contributed by atoms with Gasteiger partial charge in [0.2, 0.25) is 0 Å². The molecular formula is C20H32O2. The lowest BCUT2D eigenvalue weighted by molar-refractivity contribution is -0.142. The van der Waals surface area contributed by atoms with E-state index in [1.54, 1.807) is 0 Å². The number of hydrogen-bond donors (Lipinski definition) is 1. The molecule has 4 aliphatic carbocycles. The van der Waals surface area contributed by atoms with Crippen molar-refractivity contribution < 1.29 is 9.90 Å². The van der Waals surface area contributed by atoms with Crippen LogP contribution in [0.15, 0.2) is 0 Å². The first-order chi connectivity index (χ1) is 10.4. The van der Waals surface area contributed by atoms with Crippen molar-refractivity contribution in [2.45, 2.75) is 78.2 Å². The van der Waals surface area contributed by atoms with Crippen LogP contribution in [0.3, 0.4) is 0 Å². The maximum Gasteiger partial charge on any atom is 0.133 e. The van der Waals surface area contributed by atoms with Crippen LogP contribution in [-0.4, -0.2) is 17.0 Å². The Morgan fingerprint density at radius 2 is 1.82 bits per heavy atom. The summed E-state index contributed by atoms with van der Waals surface area (Å²) >= 11 is 0. The molecule has 22 heavy (non-hydrogen) atoms. The number of aliphatic hydroxyl groups excluding tert-OH is 1. The number of fused-ring (bicyclic) bond motifs is 5. The van der Waals surface area contributed by atoms with Crippen molar-refractivity contribution in [2.24, 2.45) is 40.4 Å². The van der Waals surface area contributed by atoms with Gasteiger partial charge in [-0.05, 0) is 78.9 Å². The van der Waals surface area contributed by atoms with E-state index in [-0.39, 0.29) is 11.5 Å². The average molecular weight is 304 g/mol. The van der Waals surface area contributed by atoms with Crippen molar-refractivity contribution in [3.63, 3.8) is 0 Å². The van der Waals surface area contributed by atoms with E-state index in [4.69, 9.17) is 0 Å². The Morgan fingerprint density at radius 3 is 2.59 bits per heavy atom. The molecule has 0 spiro atoms. The highest BCUT2D eigenvalue weighted by molar-refractivity contribution is 5.79. The molecule has 124 valence electrons. The maximum absolute atomic E-state index is 11.9. The van der Waals surface area contributed by atoms with Crippen molar-refractivity contribution in [2.75, 3.05) is 0 Å². The molecule has 4 rings (SSSR count). The van der Waals surface area contributed by atoms with Crippen molar-refractivity contribution in [1.29, 1.82) is 0 Å². The molecule has 0 radical (unpaired) electrons. The summed E-state index contributed by atoms with van der Waals surface area (Å²) in [6, 6.07) is 0. The van der Waals surface area contributed by atoms with E-state index < -0.39 is 0 Å². The van der Waals surface area contributed by atoms with Crippen molar-refractivity contribution >= 4 is 5.78 Å². The zero-order valence-corrected chi connectivity index (χ0v) is 14.5. The summed E-state index contributed by atoms with van der Waals surface area (Å²) in [6.45, 7) is 7.11. The number of carbonyl (C=O) groups excluding carboxylic acids is 1. The molecule has 0 aromatic carbocycles. The SMILES string of the molecule is C[C@@H]1C[C@H]2[C@@H]3CC[C@H]4CC(=O)CC[C@]4(C)[C@H]3CC[C@]2(C)[C@H]1O. The van der Waals surface area contributed by atoms with Crippen LogP contribution in [0, 0.1) is 40.4 Å². The molecule has 4 saturated carbocycles. The first kappa shape index (κ1) is 15.2. The van der Waals surface area contributed by atoms with Gasteiger partial charge in [0.05, 0.1) is 6.10 Å². The minimum Gasteiger partial charge on any atom is -0.392 e. The van der Waals surface area contributed by atoms with Gasteiger partial charge in [-0.2, -0.15) is 0 Å². The van der Waals surface area contributed by atoms with Crippen LogP contribution in [0.4, 0.5) is 0 Å². The van der Waals surface area contributed by atoms with Gasteiger partial charge in [-0.25, -0.2) is 0 Å². The minimum absolute atomic E-state index is 0.100. The zero-order chi connectivity index (χ0) is 15.7. The van der Waals surface area contributed by atoms with Gasteiger partial charge >= 0.3 is 0 Å². The number of carbonyl (C=O) groups is 1. The van der Waals surface area contributed by atoms with E-state index in [1.807, 2.05) is 0 Å². The molecule has 2 nitrogen and oxygen atoms in total. The number of ketones is 1. The molecule has 0 unspecified atom stereocenters. The number of hydrogen-bond acceptors (Lipinski definition) is 2. The lowest BCUT2D eigenvalue weighted by atomic mass is 9.45. The summed E-state index contributed by atoms with van der Waals surface area (Å²) in [5, 5.41) is 10.7. The van der Waals surface area contributed by atoms with E-state index in [2.05, 4.69) is 20.8 Å². The molecule has 1 N–H and O–H groups in total. The van der Waals surface area contributed by atoms with Gasteiger partial charge < -0.3 is 5.11 Å². The van der Waals surface area contributed by atoms with Gasteiger partial charge in [-0.3, -0.25) is 4.79 Å². The first-order valence-electron chi connectivity index (χ1n) is 9.56. The lowest BCUT2D eigenvalue weighted by Gasteiger charge is -2.60. The summed E-state index contributed by atoms with van der Waals surface area (Å²) in [6.07, 6.45) is 8.94. The summed E-state index contributed by atoms with van der Waals surface area (Å²) in [7, 11) is 0. The summed E-state index contributed by atoms with van der Waals surface area (Å²) in [4.78, 5) is 11.9. The Hall–Kier alpha value is -0.370. The molecule has 0 saturated heterocycles. The van der Waals surface area contributed by atoms with Gasteiger partial charge in [0.25, 0.3) is 0 Å². The topological polar surface area (TPSA) is 37.3 Å². The number of aliphatic hydroxyl groups is 1. The molecule has 0 bridgehead atoms. The van der Waals surface area contributed by atoms with Crippen molar-refractivity contribution in [1.82, 2.24) is 0 Å². The minimum atomic E-state index is -0.100. The fourth-order valence-corrected chi connectivity index (χ4v) is 7.38. The third kappa shape index (κ3) is 1.85. The molecule has 0 amide bonds. The van der Waals surface area contributed by atoms with Crippen molar-refractivity contribution in [3.05, 3.63) is 0 Å². The Labute approximate surface area is 135 Å². The first-order valence-corrected chi connectivity index (χ1v) is 9.56. The third-order valence-corrected chi connectivity index (χ3v) is 8.76. The second-order valence-corrected chi connectivity index (χ2v) is 9.60. The molecule has 0 aromatic rings. The Balaban J connectivity index is 1.64. The zero-order valence-electron chi connectivity index (χ0n) is 14.5. The van der Waals surface area contributed by atoms with E-state index in [1.165, 1.54) is 32.1 Å². The van der Waals surface area contributed by atoms with E-state index >= 15 is 0 Å². The van der Waals surface area contributed by atoms with Crippen LogP contribution >= 0.6 is 0 Å². The quantitative estimate of drug-likeness (QED) is 0.728. The normalized spacial score (nSPS) is 57.9. The van der Waals surface area contributed by atoms with Gasteiger partial charge in [0, 0.05) is 12.8 Å². The Kier molecular flexibility index (Phi) is 3.32. The molecular weight excluding hydrogens is 272 g/mol. The van der Waals surface area contributed by atoms with E-state index in [9.17, 15) is 9.90 Å². The predicted octanol–water partition coefficient (Wildman–Crippen LogP) is 4.21. The maximum atomic E-state index is 11.9. The standard InChI is InChI=1S/C20H32O2/c1-12-10-17-15-5-4-13-11-14(21)6-8-19(13,2)16(15)7-9-20(17,3)18(12)22/h12-13,15-18,22H,4-11H2,1-3H3/t12-,13+,15-,16+,17+,18+,19+,20+/m1/s1. The number of Topliss-reactive ketones (excluding diaryl/α,β-unsaturated/α-hetero) is 1. The van der Waals surface area contributed by atoms with Crippen LogP contribution in [0.5, 0.6) is 0 Å². The molecule has 2 heteroatoms. The van der Waals surface area contributed by atoms with Crippen LogP contribution in [0.2, 0.25) is 0 Å². The summed E-state index contributed by atoms with van der Waals surface area (Å²) in [5.74, 6) is 3.93. The van der Waals surface area contributed by atoms with Gasteiger partial charge in [-0.15, -0.1) is 0 Å². The van der Waals surface area contributed by atoms with E-state index in [0.29, 0.717) is 29.0 Å². The van der Waals surface area contributed by atoms with Gasteiger partial charge in [-0.1, -0.05) is 20.8 Å². The highest BCUT2D eigenvalue weighted by atomic mass is 16.3. The van der Waals surface area contributed by atoms with Crippen LogP contribution in [0.25, 0.3) is 0 Å². The van der Waals surface area contributed by atoms with Crippen LogP contribution in [0.1, 0.15) is 72.1 Å². The van der Waals surface area contributed by atoms with Crippen molar-refractivity contribution in [3.8, 4) is 0 Å². The number of rotatable bonds is 0. The molecule has 0 aromatic heterocycles. The average Bonchev–Trinajstić information content (AvgIpc) is 2.72. The Morgan fingerprint density at radius 1 is 1.05 bits per heavy atom. The van der Waals surface area contributed by atoms with E-state index in [0.717, 1.165) is 31.1 Å². The molecule has 0 heterocycles. The fraction of sp³-hybridized carbons (Fsp3) is 0.950. The largest absolute Gasteiger partial charge is 0.392 e. The van der Waals surface area contributed by atoms with Crippen LogP contribution in [-0.2, 0) is 4.79 Å². The van der Waals surface area contributed by atoms with Crippen LogP contribution < -0.4 is 0 Å². The highest BCUT2D eigenvalue weighted by Crippen LogP contribution is 2.66. The molecule has 8 atom stereocenters. The third-order valence-electron chi connectivity index (χ3n) is 8.76. The van der Waals surface area contributed by atoms with Gasteiger partial charge in [0.1, 0.15) is 5.78 Å². The second kappa shape index (κ2) is 4.82. The lowest BCUT2D eigenvalue weighted by Crippen LogP contribution is -2.54. The fourth-order valence-electron chi connectivity index (χ4n) is 7.38. The molecule has 4 fully saturated rings. The molecule has 0 aliphatic heterocycles. The summed E-state index contributed by atoms with van der Waals surface area (Å²) < 4.78 is 0. The highest BCUT2D eigenvalue weighted by Gasteiger charge is 2.61. The summed E-state index contributed by atoms with van der Waals surface area (Å²) in [5.41, 5.74) is 0.559.